The lowest BCUT2D eigenvalue weighted by Gasteiger charge is -2.11. The van der Waals surface area contributed by atoms with Gasteiger partial charge >= 0.3 is 6.36 Å². The lowest BCUT2D eigenvalue weighted by molar-refractivity contribution is -0.274. The van der Waals surface area contributed by atoms with Crippen molar-refractivity contribution in [3.05, 3.63) is 48.4 Å². The van der Waals surface area contributed by atoms with Crippen molar-refractivity contribution in [2.75, 3.05) is 13.1 Å². The van der Waals surface area contributed by atoms with Crippen LogP contribution >= 0.6 is 0 Å². The molecule has 0 unspecified atom stereocenters. The normalized spacial score (nSPS) is 12.0. The summed E-state index contributed by atoms with van der Waals surface area (Å²) in [6.07, 6.45) is -3.61. The number of carbonyl (C=O) groups excluding carboxylic acids is 1. The Hall–Kier alpha value is -2.53. The van der Waals surface area contributed by atoms with E-state index >= 15 is 0 Å². The molecule has 0 bridgehead atoms. The van der Waals surface area contributed by atoms with E-state index in [0.29, 0.717) is 0 Å². The SMILES string of the molecule is O=C(NCCNS(=O)(=O)c1cccc(OC(F)(F)F)c1)c1ccco1. The van der Waals surface area contributed by atoms with Crippen molar-refractivity contribution in [1.29, 1.82) is 0 Å². The van der Waals surface area contributed by atoms with Crippen LogP contribution in [-0.2, 0) is 10.0 Å². The number of ether oxygens (including phenoxy) is 1. The van der Waals surface area contributed by atoms with Crippen LogP contribution in [0.4, 0.5) is 13.2 Å². The van der Waals surface area contributed by atoms with Crippen LogP contribution in [-0.4, -0.2) is 33.8 Å². The van der Waals surface area contributed by atoms with E-state index < -0.39 is 32.9 Å². The van der Waals surface area contributed by atoms with Crippen LogP contribution in [0.2, 0.25) is 0 Å². The molecule has 0 saturated carbocycles. The van der Waals surface area contributed by atoms with Crippen molar-refractivity contribution >= 4 is 15.9 Å². The molecule has 136 valence electrons. The Bertz CT molecular complexity index is 819. The highest BCUT2D eigenvalue weighted by molar-refractivity contribution is 7.89. The molecule has 1 aromatic carbocycles. The summed E-state index contributed by atoms with van der Waals surface area (Å²) in [5, 5.41) is 2.42. The van der Waals surface area contributed by atoms with Crippen molar-refractivity contribution in [1.82, 2.24) is 10.0 Å². The van der Waals surface area contributed by atoms with E-state index in [1.54, 1.807) is 0 Å². The largest absolute Gasteiger partial charge is 0.573 e. The summed E-state index contributed by atoms with van der Waals surface area (Å²) >= 11 is 0. The third-order valence-electron chi connectivity index (χ3n) is 2.80. The molecule has 2 N–H and O–H groups in total. The van der Waals surface area contributed by atoms with Crippen molar-refractivity contribution in [2.45, 2.75) is 11.3 Å². The van der Waals surface area contributed by atoms with Crippen LogP contribution in [0.3, 0.4) is 0 Å². The smallest absolute Gasteiger partial charge is 0.459 e. The van der Waals surface area contributed by atoms with E-state index in [2.05, 4.69) is 14.8 Å². The fourth-order valence-corrected chi connectivity index (χ4v) is 2.84. The van der Waals surface area contributed by atoms with Crippen LogP contribution in [0.15, 0.2) is 52.0 Å². The molecule has 0 saturated heterocycles. The summed E-state index contributed by atoms with van der Waals surface area (Å²) < 4.78 is 71.3. The minimum Gasteiger partial charge on any atom is -0.459 e. The zero-order valence-electron chi connectivity index (χ0n) is 12.5. The Morgan fingerprint density at radius 2 is 1.92 bits per heavy atom. The number of amides is 1. The minimum absolute atomic E-state index is 0.0441. The molecule has 7 nitrogen and oxygen atoms in total. The Balaban J connectivity index is 1.91. The summed E-state index contributed by atoms with van der Waals surface area (Å²) in [7, 11) is -4.06. The number of hydrogen-bond acceptors (Lipinski definition) is 5. The zero-order valence-corrected chi connectivity index (χ0v) is 13.4. The number of sulfonamides is 1. The Morgan fingerprint density at radius 3 is 2.56 bits per heavy atom. The average Bonchev–Trinajstić information content (AvgIpc) is 3.04. The molecule has 0 fully saturated rings. The fraction of sp³-hybridized carbons (Fsp3) is 0.214. The molecule has 0 aliphatic carbocycles. The van der Waals surface area contributed by atoms with Gasteiger partial charge in [-0.1, -0.05) is 6.07 Å². The van der Waals surface area contributed by atoms with Gasteiger partial charge in [0.05, 0.1) is 11.2 Å². The lowest BCUT2D eigenvalue weighted by Crippen LogP contribution is -2.34. The quantitative estimate of drug-likeness (QED) is 0.717. The van der Waals surface area contributed by atoms with E-state index in [1.807, 2.05) is 0 Å². The Labute approximate surface area is 140 Å². The molecule has 2 aromatic rings. The number of halogens is 3. The van der Waals surface area contributed by atoms with Crippen molar-refractivity contribution < 1.29 is 35.5 Å². The first-order valence-corrected chi connectivity index (χ1v) is 8.33. The van der Waals surface area contributed by atoms with E-state index in [4.69, 9.17) is 4.42 Å². The van der Waals surface area contributed by atoms with Gasteiger partial charge in [0.1, 0.15) is 5.75 Å². The van der Waals surface area contributed by atoms with Crippen LogP contribution in [0, 0.1) is 0 Å². The number of alkyl halides is 3. The average molecular weight is 378 g/mol. The number of rotatable bonds is 7. The molecule has 1 heterocycles. The summed E-state index contributed by atoms with van der Waals surface area (Å²) in [6.45, 7) is -0.212. The standard InChI is InChI=1S/C14H13F3N2O5S/c15-14(16,17)24-10-3-1-4-11(9-10)25(21,22)19-7-6-18-13(20)12-5-2-8-23-12/h1-5,8-9,19H,6-7H2,(H,18,20). The third-order valence-corrected chi connectivity index (χ3v) is 4.26. The second-order valence-electron chi connectivity index (χ2n) is 4.65. The zero-order chi connectivity index (χ0) is 18.5. The molecule has 1 aromatic heterocycles. The van der Waals surface area contributed by atoms with E-state index in [-0.39, 0.29) is 18.8 Å². The van der Waals surface area contributed by atoms with Crippen molar-refractivity contribution in [3.63, 3.8) is 0 Å². The maximum absolute atomic E-state index is 12.2. The monoisotopic (exact) mass is 378 g/mol. The molecule has 1 amide bonds. The summed E-state index contributed by atoms with van der Waals surface area (Å²) in [5.41, 5.74) is 0. The molecule has 0 aliphatic rings. The van der Waals surface area contributed by atoms with Gasteiger partial charge in [-0.3, -0.25) is 4.79 Å². The highest BCUT2D eigenvalue weighted by atomic mass is 32.2. The maximum atomic E-state index is 12.2. The van der Waals surface area contributed by atoms with Crippen LogP contribution in [0.5, 0.6) is 5.75 Å². The number of furan rings is 1. The fourth-order valence-electron chi connectivity index (χ4n) is 1.78. The highest BCUT2D eigenvalue weighted by Crippen LogP contribution is 2.24. The predicted molar refractivity (Wildman–Crippen MR) is 79.4 cm³/mol. The number of benzene rings is 1. The van der Waals surface area contributed by atoms with Gasteiger partial charge in [-0.2, -0.15) is 0 Å². The van der Waals surface area contributed by atoms with Gasteiger partial charge in [-0.15, -0.1) is 13.2 Å². The summed E-state index contributed by atoms with van der Waals surface area (Å²) in [4.78, 5) is 11.2. The Kier molecular flexibility index (Phi) is 5.69. The number of carbonyl (C=O) groups is 1. The highest BCUT2D eigenvalue weighted by Gasteiger charge is 2.31. The Morgan fingerprint density at radius 1 is 1.16 bits per heavy atom. The van der Waals surface area contributed by atoms with Gasteiger partial charge in [0.25, 0.3) is 5.91 Å². The molecular formula is C14H13F3N2O5S. The lowest BCUT2D eigenvalue weighted by atomic mass is 10.3. The molecule has 0 aliphatic heterocycles. The molecule has 25 heavy (non-hydrogen) atoms. The minimum atomic E-state index is -4.92. The molecular weight excluding hydrogens is 365 g/mol. The molecule has 0 spiro atoms. The van der Waals surface area contributed by atoms with Gasteiger partial charge in [-0.25, -0.2) is 13.1 Å². The third kappa shape index (κ3) is 5.80. The number of hydrogen-bond donors (Lipinski definition) is 2. The van der Waals surface area contributed by atoms with Gasteiger partial charge in [-0.05, 0) is 24.3 Å². The van der Waals surface area contributed by atoms with E-state index in [9.17, 15) is 26.4 Å². The van der Waals surface area contributed by atoms with Gasteiger partial charge in [0, 0.05) is 19.2 Å². The number of nitrogens with one attached hydrogen (secondary N) is 2. The second kappa shape index (κ2) is 7.57. The van der Waals surface area contributed by atoms with Crippen molar-refractivity contribution in [3.8, 4) is 5.75 Å². The first-order valence-electron chi connectivity index (χ1n) is 6.84. The first-order chi connectivity index (χ1) is 11.7. The predicted octanol–water partition coefficient (Wildman–Crippen LogP) is 1.89. The molecule has 2 rings (SSSR count). The van der Waals surface area contributed by atoms with Gasteiger partial charge in [0.2, 0.25) is 10.0 Å². The first kappa shape index (κ1) is 18.8. The van der Waals surface area contributed by atoms with Crippen molar-refractivity contribution in [2.24, 2.45) is 0 Å². The van der Waals surface area contributed by atoms with Crippen LogP contribution < -0.4 is 14.8 Å². The molecule has 0 radical (unpaired) electrons. The topological polar surface area (TPSA) is 97.6 Å². The molecule has 11 heteroatoms. The van der Waals surface area contributed by atoms with E-state index in [0.717, 1.165) is 24.3 Å². The van der Waals surface area contributed by atoms with Crippen LogP contribution in [0.25, 0.3) is 0 Å². The van der Waals surface area contributed by atoms with Crippen LogP contribution in [0.1, 0.15) is 10.6 Å². The van der Waals surface area contributed by atoms with E-state index in [1.165, 1.54) is 18.4 Å². The summed E-state index contributed by atoms with van der Waals surface area (Å²) in [5.74, 6) is -1.11. The second-order valence-corrected chi connectivity index (χ2v) is 6.42. The van der Waals surface area contributed by atoms with Gasteiger partial charge < -0.3 is 14.5 Å². The maximum Gasteiger partial charge on any atom is 0.573 e. The summed E-state index contributed by atoms with van der Waals surface area (Å²) in [6, 6.07) is 6.92. The van der Waals surface area contributed by atoms with Gasteiger partial charge in [0.15, 0.2) is 5.76 Å². The molecule has 0 atom stereocenters.